The zero-order valence-electron chi connectivity index (χ0n) is 16.4. The van der Waals surface area contributed by atoms with Crippen LogP contribution in [0.25, 0.3) is 10.9 Å². The summed E-state index contributed by atoms with van der Waals surface area (Å²) in [6.45, 7) is 6.59. The van der Waals surface area contributed by atoms with Crippen molar-refractivity contribution in [2.45, 2.75) is 25.2 Å². The third-order valence-corrected chi connectivity index (χ3v) is 5.68. The third-order valence-electron chi connectivity index (χ3n) is 4.48. The van der Waals surface area contributed by atoms with Crippen LogP contribution >= 0.6 is 23.4 Å². The summed E-state index contributed by atoms with van der Waals surface area (Å²) in [4.78, 5) is 31.7. The Morgan fingerprint density at radius 3 is 2.69 bits per heavy atom. The fourth-order valence-corrected chi connectivity index (χ4v) is 3.98. The van der Waals surface area contributed by atoms with Gasteiger partial charge in [0.1, 0.15) is 0 Å². The van der Waals surface area contributed by atoms with Crippen LogP contribution in [0.2, 0.25) is 5.02 Å². The number of halogens is 1. The molecule has 29 heavy (non-hydrogen) atoms. The molecule has 0 unspecified atom stereocenters. The van der Waals surface area contributed by atoms with Crippen LogP contribution < -0.4 is 5.56 Å². The Labute approximate surface area is 179 Å². The Morgan fingerprint density at radius 1 is 1.28 bits per heavy atom. The van der Waals surface area contributed by atoms with Crippen molar-refractivity contribution in [3.8, 4) is 0 Å². The van der Waals surface area contributed by atoms with Gasteiger partial charge in [0, 0.05) is 25.2 Å². The molecule has 7 heteroatoms. The zero-order valence-corrected chi connectivity index (χ0v) is 18.0. The first-order valence-electron chi connectivity index (χ1n) is 9.12. The number of hydrogen-bond acceptors (Lipinski definition) is 4. The molecule has 0 bridgehead atoms. The Kier molecular flexibility index (Phi) is 6.77. The molecule has 3 aromatic rings. The van der Waals surface area contributed by atoms with Crippen LogP contribution in [0.5, 0.6) is 0 Å². The first kappa shape index (κ1) is 21.1. The van der Waals surface area contributed by atoms with E-state index in [4.69, 9.17) is 11.6 Å². The number of nitrogens with zero attached hydrogens (tertiary/aromatic N) is 3. The fourth-order valence-electron chi connectivity index (χ4n) is 2.87. The second kappa shape index (κ2) is 9.29. The molecule has 0 spiro atoms. The smallest absolute Gasteiger partial charge is 0.262 e. The summed E-state index contributed by atoms with van der Waals surface area (Å²) in [6.07, 6.45) is 1.64. The summed E-state index contributed by atoms with van der Waals surface area (Å²) in [5.41, 5.74) is 2.60. The minimum absolute atomic E-state index is 0.0406. The van der Waals surface area contributed by atoms with Crippen molar-refractivity contribution in [1.29, 1.82) is 0 Å². The van der Waals surface area contributed by atoms with E-state index in [0.29, 0.717) is 34.2 Å². The van der Waals surface area contributed by atoms with Crippen LogP contribution in [0.1, 0.15) is 11.1 Å². The number of carbonyl (C=O) groups is 1. The van der Waals surface area contributed by atoms with Crippen molar-refractivity contribution in [2.75, 3.05) is 12.8 Å². The predicted octanol–water partition coefficient (Wildman–Crippen LogP) is 4.30. The van der Waals surface area contributed by atoms with Gasteiger partial charge in [-0.25, -0.2) is 4.98 Å². The molecule has 0 saturated heterocycles. The molecule has 1 amide bonds. The highest BCUT2D eigenvalue weighted by Gasteiger charge is 2.15. The molecular weight excluding hydrogens is 406 g/mol. The topological polar surface area (TPSA) is 55.2 Å². The molecule has 0 atom stereocenters. The van der Waals surface area contributed by atoms with E-state index in [1.807, 2.05) is 31.2 Å². The van der Waals surface area contributed by atoms with Gasteiger partial charge < -0.3 is 4.90 Å². The van der Waals surface area contributed by atoms with Gasteiger partial charge in [0.2, 0.25) is 5.91 Å². The molecule has 150 valence electrons. The highest BCUT2D eigenvalue weighted by molar-refractivity contribution is 7.99. The van der Waals surface area contributed by atoms with Crippen molar-refractivity contribution < 1.29 is 4.79 Å². The van der Waals surface area contributed by atoms with E-state index in [9.17, 15) is 9.59 Å². The number of carbonyl (C=O) groups excluding carboxylic acids is 1. The average molecular weight is 428 g/mol. The second-order valence-electron chi connectivity index (χ2n) is 6.78. The number of rotatable bonds is 7. The van der Waals surface area contributed by atoms with Gasteiger partial charge in [0.25, 0.3) is 5.56 Å². The van der Waals surface area contributed by atoms with Crippen LogP contribution in [-0.2, 0) is 17.9 Å². The van der Waals surface area contributed by atoms with E-state index in [2.05, 4.69) is 11.6 Å². The average Bonchev–Trinajstić information content (AvgIpc) is 2.70. The normalized spacial score (nSPS) is 10.9. The molecule has 1 aromatic heterocycles. The maximum Gasteiger partial charge on any atom is 0.262 e. The number of fused-ring (bicyclic) bond motifs is 1. The number of aryl methyl sites for hydroxylation is 1. The molecule has 0 aliphatic rings. The van der Waals surface area contributed by atoms with Gasteiger partial charge in [-0.3, -0.25) is 14.2 Å². The lowest BCUT2D eigenvalue weighted by atomic mass is 10.1. The van der Waals surface area contributed by atoms with E-state index >= 15 is 0 Å². The van der Waals surface area contributed by atoms with Crippen LogP contribution in [0.4, 0.5) is 0 Å². The molecule has 0 aliphatic heterocycles. The molecule has 1 heterocycles. The summed E-state index contributed by atoms with van der Waals surface area (Å²) in [6, 6.07) is 13.1. The second-order valence-corrected chi connectivity index (χ2v) is 8.16. The van der Waals surface area contributed by atoms with Crippen molar-refractivity contribution in [2.24, 2.45) is 0 Å². The van der Waals surface area contributed by atoms with Gasteiger partial charge in [-0.15, -0.1) is 6.58 Å². The van der Waals surface area contributed by atoms with E-state index < -0.39 is 0 Å². The SMILES string of the molecule is C=CCn1c(SCC(=O)N(C)Cc2ccc(C)cc2)nc2cc(Cl)ccc2c1=O. The number of hydrogen-bond donors (Lipinski definition) is 0. The Bertz CT molecular complexity index is 1110. The first-order chi connectivity index (χ1) is 13.9. The van der Waals surface area contributed by atoms with Gasteiger partial charge in [0.15, 0.2) is 5.16 Å². The Hall–Kier alpha value is -2.57. The quantitative estimate of drug-likeness (QED) is 0.320. The van der Waals surface area contributed by atoms with Crippen LogP contribution in [0.3, 0.4) is 0 Å². The fraction of sp³-hybridized carbons (Fsp3) is 0.227. The maximum atomic E-state index is 12.8. The van der Waals surface area contributed by atoms with Crippen molar-refractivity contribution >= 4 is 40.2 Å². The standard InChI is InChI=1S/C22H22ClN3O2S/c1-4-11-26-21(28)18-10-9-17(23)12-19(18)24-22(26)29-14-20(27)25(3)13-16-7-5-15(2)6-8-16/h4-10,12H,1,11,13-14H2,2-3H3. The maximum absolute atomic E-state index is 12.8. The lowest BCUT2D eigenvalue weighted by Crippen LogP contribution is -2.28. The summed E-state index contributed by atoms with van der Waals surface area (Å²) in [5, 5.41) is 1.47. The zero-order chi connectivity index (χ0) is 21.0. The molecule has 0 radical (unpaired) electrons. The van der Waals surface area contributed by atoms with Crippen LogP contribution in [0.15, 0.2) is 65.1 Å². The highest BCUT2D eigenvalue weighted by atomic mass is 35.5. The molecule has 2 aromatic carbocycles. The number of allylic oxidation sites excluding steroid dienone is 1. The predicted molar refractivity (Wildman–Crippen MR) is 120 cm³/mol. The first-order valence-corrected chi connectivity index (χ1v) is 10.5. The number of aromatic nitrogens is 2. The lowest BCUT2D eigenvalue weighted by Gasteiger charge is -2.18. The number of amides is 1. The molecular formula is C22H22ClN3O2S. The van der Waals surface area contributed by atoms with Gasteiger partial charge in [-0.2, -0.15) is 0 Å². The largest absolute Gasteiger partial charge is 0.341 e. The van der Waals surface area contributed by atoms with Gasteiger partial charge in [-0.1, -0.05) is 59.3 Å². The Balaban J connectivity index is 1.78. The van der Waals surface area contributed by atoms with Gasteiger partial charge >= 0.3 is 0 Å². The molecule has 0 aliphatic carbocycles. The third kappa shape index (κ3) is 5.08. The summed E-state index contributed by atoms with van der Waals surface area (Å²) < 4.78 is 1.53. The van der Waals surface area contributed by atoms with Crippen molar-refractivity contribution in [3.63, 3.8) is 0 Å². The van der Waals surface area contributed by atoms with Crippen molar-refractivity contribution in [1.82, 2.24) is 14.5 Å². The summed E-state index contributed by atoms with van der Waals surface area (Å²) in [7, 11) is 1.77. The Morgan fingerprint density at radius 2 is 2.00 bits per heavy atom. The van der Waals surface area contributed by atoms with Crippen molar-refractivity contribution in [3.05, 3.63) is 81.6 Å². The monoisotopic (exact) mass is 427 g/mol. The molecule has 0 saturated carbocycles. The highest BCUT2D eigenvalue weighted by Crippen LogP contribution is 2.21. The minimum Gasteiger partial charge on any atom is -0.341 e. The number of thioether (sulfide) groups is 1. The van der Waals surface area contributed by atoms with E-state index in [1.165, 1.54) is 21.9 Å². The molecule has 0 fully saturated rings. The van der Waals surface area contributed by atoms with E-state index in [1.54, 1.807) is 36.2 Å². The van der Waals surface area contributed by atoms with E-state index in [0.717, 1.165) is 5.56 Å². The minimum atomic E-state index is -0.172. The lowest BCUT2D eigenvalue weighted by molar-refractivity contribution is -0.127. The molecule has 3 rings (SSSR count). The molecule has 5 nitrogen and oxygen atoms in total. The van der Waals surface area contributed by atoms with Gasteiger partial charge in [0.05, 0.1) is 16.7 Å². The van der Waals surface area contributed by atoms with E-state index in [-0.39, 0.29) is 17.2 Å². The number of benzene rings is 2. The van der Waals surface area contributed by atoms with Gasteiger partial charge in [-0.05, 0) is 30.7 Å². The van der Waals surface area contributed by atoms with Crippen LogP contribution in [0, 0.1) is 6.92 Å². The molecule has 0 N–H and O–H groups in total. The van der Waals surface area contributed by atoms with Crippen LogP contribution in [-0.4, -0.2) is 33.2 Å². The summed E-state index contributed by atoms with van der Waals surface area (Å²) in [5.74, 6) is 0.138. The summed E-state index contributed by atoms with van der Waals surface area (Å²) >= 11 is 7.29.